The number of aromatic nitrogens is 1. The number of aryl methyl sites for hydroxylation is 1. The largest absolute Gasteiger partial charge is 0.454 e. The van der Waals surface area contributed by atoms with Crippen LogP contribution in [-0.2, 0) is 21.3 Å². The van der Waals surface area contributed by atoms with Crippen molar-refractivity contribution in [1.82, 2.24) is 9.29 Å². The molecule has 0 atom stereocenters. The molecule has 0 saturated heterocycles. The van der Waals surface area contributed by atoms with E-state index in [9.17, 15) is 18.0 Å². The van der Waals surface area contributed by atoms with Crippen molar-refractivity contribution in [3.05, 3.63) is 87.7 Å². The maximum absolute atomic E-state index is 12.7. The first kappa shape index (κ1) is 23.7. The first-order valence-electron chi connectivity index (χ1n) is 9.78. The molecule has 9 heteroatoms. The van der Waals surface area contributed by atoms with E-state index in [4.69, 9.17) is 16.3 Å². The van der Waals surface area contributed by atoms with Gasteiger partial charge in [-0.05, 0) is 56.8 Å². The van der Waals surface area contributed by atoms with Gasteiger partial charge in [0.15, 0.2) is 6.61 Å². The summed E-state index contributed by atoms with van der Waals surface area (Å²) in [4.78, 5) is 25.0. The average molecular weight is 475 g/mol. The summed E-state index contributed by atoms with van der Waals surface area (Å²) < 4.78 is 33.2. The molecule has 0 amide bonds. The van der Waals surface area contributed by atoms with E-state index < -0.39 is 22.6 Å². The molecule has 0 unspecified atom stereocenters. The van der Waals surface area contributed by atoms with Gasteiger partial charge in [0.05, 0.1) is 10.5 Å². The van der Waals surface area contributed by atoms with Crippen LogP contribution >= 0.6 is 11.6 Å². The van der Waals surface area contributed by atoms with Crippen molar-refractivity contribution in [3.8, 4) is 0 Å². The minimum atomic E-state index is -3.70. The molecule has 0 aliphatic heterocycles. The number of halogens is 1. The molecule has 1 N–H and O–H groups in total. The number of ketones is 1. The lowest BCUT2D eigenvalue weighted by atomic mass is 10.1. The Morgan fingerprint density at radius 2 is 1.78 bits per heavy atom. The highest BCUT2D eigenvalue weighted by Gasteiger charge is 2.20. The molecule has 2 aromatic carbocycles. The number of sulfonamides is 1. The van der Waals surface area contributed by atoms with Gasteiger partial charge in [-0.3, -0.25) is 4.79 Å². The number of rotatable bonds is 8. The third-order valence-electron chi connectivity index (χ3n) is 5.14. The van der Waals surface area contributed by atoms with Gasteiger partial charge in [0.2, 0.25) is 15.8 Å². The van der Waals surface area contributed by atoms with E-state index in [0.29, 0.717) is 17.1 Å². The van der Waals surface area contributed by atoms with Crippen molar-refractivity contribution in [1.29, 1.82) is 0 Å². The Kier molecular flexibility index (Phi) is 7.18. The van der Waals surface area contributed by atoms with Gasteiger partial charge in [0, 0.05) is 28.5 Å². The second-order valence-corrected chi connectivity index (χ2v) is 9.49. The van der Waals surface area contributed by atoms with E-state index in [2.05, 4.69) is 4.72 Å². The molecule has 3 rings (SSSR count). The van der Waals surface area contributed by atoms with E-state index in [1.807, 2.05) is 42.7 Å². The molecule has 1 heterocycles. The Morgan fingerprint density at radius 1 is 1.06 bits per heavy atom. The standard InChI is InChI=1S/C23H23ClN2O5S/c1-15-11-20(16(2)26(15)13-18-7-4-5-10-21(18)24)22(27)14-31-23(28)17-8-6-9-19(12-17)32(29,30)25-3/h4-12,25H,13-14H2,1-3H3. The quantitative estimate of drug-likeness (QED) is 0.396. The van der Waals surface area contributed by atoms with Gasteiger partial charge in [-0.2, -0.15) is 0 Å². The molecule has 7 nitrogen and oxygen atoms in total. The van der Waals surface area contributed by atoms with Crippen molar-refractivity contribution >= 4 is 33.4 Å². The monoisotopic (exact) mass is 474 g/mol. The highest BCUT2D eigenvalue weighted by atomic mass is 35.5. The number of esters is 1. The molecule has 0 spiro atoms. The Hall–Kier alpha value is -2.94. The molecule has 0 fully saturated rings. The molecule has 0 bridgehead atoms. The van der Waals surface area contributed by atoms with Crippen molar-refractivity contribution in [3.63, 3.8) is 0 Å². The van der Waals surface area contributed by atoms with Crippen molar-refractivity contribution < 1.29 is 22.7 Å². The van der Waals surface area contributed by atoms with E-state index in [0.717, 1.165) is 17.0 Å². The van der Waals surface area contributed by atoms with Gasteiger partial charge in [-0.1, -0.05) is 35.9 Å². The van der Waals surface area contributed by atoms with Gasteiger partial charge < -0.3 is 9.30 Å². The number of ether oxygens (including phenoxy) is 1. The third kappa shape index (κ3) is 5.09. The van der Waals surface area contributed by atoms with Crippen LogP contribution in [-0.4, -0.2) is 38.4 Å². The zero-order valence-corrected chi connectivity index (χ0v) is 19.5. The van der Waals surface area contributed by atoms with E-state index in [1.54, 1.807) is 6.07 Å². The topological polar surface area (TPSA) is 94.5 Å². The Bertz CT molecular complexity index is 1280. The van der Waals surface area contributed by atoms with Crippen LogP contribution in [0.2, 0.25) is 5.02 Å². The van der Waals surface area contributed by atoms with Crippen LogP contribution in [0, 0.1) is 13.8 Å². The molecule has 3 aromatic rings. The average Bonchev–Trinajstić information content (AvgIpc) is 3.07. The molecule has 0 saturated carbocycles. The predicted octanol–water partition coefficient (Wildman–Crippen LogP) is 3.75. The molecule has 32 heavy (non-hydrogen) atoms. The van der Waals surface area contributed by atoms with Crippen LogP contribution < -0.4 is 4.72 Å². The van der Waals surface area contributed by atoms with Crippen molar-refractivity contribution in [2.45, 2.75) is 25.3 Å². The fourth-order valence-electron chi connectivity index (χ4n) is 3.32. The summed E-state index contributed by atoms with van der Waals surface area (Å²) in [5, 5.41) is 0.643. The summed E-state index contributed by atoms with van der Waals surface area (Å²) in [7, 11) is -2.42. The summed E-state index contributed by atoms with van der Waals surface area (Å²) in [5.41, 5.74) is 3.04. The number of nitrogens with one attached hydrogen (secondary N) is 1. The summed E-state index contributed by atoms with van der Waals surface area (Å²) in [6.45, 7) is 3.76. The van der Waals surface area contributed by atoms with Crippen LogP contribution in [0.1, 0.15) is 37.7 Å². The van der Waals surface area contributed by atoms with Crippen molar-refractivity contribution in [2.75, 3.05) is 13.7 Å². The van der Waals surface area contributed by atoms with Gasteiger partial charge in [-0.25, -0.2) is 17.9 Å². The molecule has 0 radical (unpaired) electrons. The van der Waals surface area contributed by atoms with Crippen LogP contribution in [0.3, 0.4) is 0 Å². The normalized spacial score (nSPS) is 11.4. The van der Waals surface area contributed by atoms with Gasteiger partial charge in [0.25, 0.3) is 0 Å². The smallest absolute Gasteiger partial charge is 0.338 e. The van der Waals surface area contributed by atoms with Crippen LogP contribution in [0.25, 0.3) is 0 Å². The molecule has 168 valence electrons. The molecule has 0 aliphatic carbocycles. The van der Waals surface area contributed by atoms with E-state index in [1.165, 1.54) is 31.3 Å². The number of hydrogen-bond donors (Lipinski definition) is 1. The van der Waals surface area contributed by atoms with Crippen LogP contribution in [0.4, 0.5) is 0 Å². The lowest BCUT2D eigenvalue weighted by Gasteiger charge is -2.11. The number of benzene rings is 2. The maximum atomic E-state index is 12.7. The van der Waals surface area contributed by atoms with Crippen molar-refractivity contribution in [2.24, 2.45) is 0 Å². The fourth-order valence-corrected chi connectivity index (χ4v) is 4.29. The Labute approximate surface area is 192 Å². The second-order valence-electron chi connectivity index (χ2n) is 7.20. The number of nitrogens with zero attached hydrogens (tertiary/aromatic N) is 1. The van der Waals surface area contributed by atoms with Crippen LogP contribution in [0.15, 0.2) is 59.5 Å². The van der Waals surface area contributed by atoms with E-state index in [-0.39, 0.29) is 16.2 Å². The Balaban J connectivity index is 1.73. The van der Waals surface area contributed by atoms with Gasteiger partial charge in [0.1, 0.15) is 0 Å². The molecular formula is C23H23ClN2O5S. The highest BCUT2D eigenvalue weighted by Crippen LogP contribution is 2.22. The van der Waals surface area contributed by atoms with Crippen LogP contribution in [0.5, 0.6) is 0 Å². The zero-order valence-electron chi connectivity index (χ0n) is 17.9. The van der Waals surface area contributed by atoms with Gasteiger partial charge in [-0.15, -0.1) is 0 Å². The SMILES string of the molecule is CNS(=O)(=O)c1cccc(C(=O)OCC(=O)c2cc(C)n(Cc3ccccc3Cl)c2C)c1. The highest BCUT2D eigenvalue weighted by molar-refractivity contribution is 7.89. The fraction of sp³-hybridized carbons (Fsp3) is 0.217. The Morgan fingerprint density at radius 3 is 2.47 bits per heavy atom. The second kappa shape index (κ2) is 9.68. The minimum Gasteiger partial charge on any atom is -0.454 e. The summed E-state index contributed by atoms with van der Waals surface area (Å²) in [6.07, 6.45) is 0. The lowest BCUT2D eigenvalue weighted by molar-refractivity contribution is 0.0474. The van der Waals surface area contributed by atoms with E-state index >= 15 is 0 Å². The molecular weight excluding hydrogens is 452 g/mol. The number of carbonyl (C=O) groups excluding carboxylic acids is 2. The maximum Gasteiger partial charge on any atom is 0.338 e. The minimum absolute atomic E-state index is 0.0401. The lowest BCUT2D eigenvalue weighted by Crippen LogP contribution is -2.19. The third-order valence-corrected chi connectivity index (χ3v) is 6.92. The summed E-state index contributed by atoms with van der Waals surface area (Å²) >= 11 is 6.26. The molecule has 1 aromatic heterocycles. The molecule has 0 aliphatic rings. The first-order chi connectivity index (χ1) is 15.1. The number of hydrogen-bond acceptors (Lipinski definition) is 5. The summed E-state index contributed by atoms with van der Waals surface area (Å²) in [6, 6.07) is 14.7. The number of Topliss-reactive ketones (excluding diaryl/α,β-unsaturated/α-hetero) is 1. The summed E-state index contributed by atoms with van der Waals surface area (Å²) in [5.74, 6) is -1.13. The predicted molar refractivity (Wildman–Crippen MR) is 122 cm³/mol. The first-order valence-corrected chi connectivity index (χ1v) is 11.6. The van der Waals surface area contributed by atoms with Gasteiger partial charge >= 0.3 is 5.97 Å². The number of carbonyl (C=O) groups is 2. The zero-order chi connectivity index (χ0) is 23.5.